The van der Waals surface area contributed by atoms with Crippen LogP contribution in [0.25, 0.3) is 0 Å². The van der Waals surface area contributed by atoms with Crippen molar-refractivity contribution in [1.29, 1.82) is 0 Å². The molecule has 5 nitrogen and oxygen atoms in total. The Hall–Kier alpha value is -1.82. The predicted molar refractivity (Wildman–Crippen MR) is 76.5 cm³/mol. The molecule has 20 heavy (non-hydrogen) atoms. The summed E-state index contributed by atoms with van der Waals surface area (Å²) in [5, 5.41) is 0. The van der Waals surface area contributed by atoms with Crippen LogP contribution >= 0.6 is 0 Å². The minimum absolute atomic E-state index is 0.0787. The molecule has 112 valence electrons. The van der Waals surface area contributed by atoms with Crippen molar-refractivity contribution < 1.29 is 18.7 Å². The van der Waals surface area contributed by atoms with E-state index in [-0.39, 0.29) is 17.9 Å². The molecule has 0 heterocycles. The summed E-state index contributed by atoms with van der Waals surface area (Å²) in [5.74, 6) is -1.01. The molecule has 0 aliphatic heterocycles. The van der Waals surface area contributed by atoms with Crippen LogP contribution in [0.5, 0.6) is 0 Å². The topological polar surface area (TPSA) is 64.8 Å². The van der Waals surface area contributed by atoms with Gasteiger partial charge in [0.05, 0.1) is 17.9 Å². The van der Waals surface area contributed by atoms with Gasteiger partial charge in [-0.05, 0) is 25.5 Å². The van der Waals surface area contributed by atoms with Crippen molar-refractivity contribution in [3.63, 3.8) is 0 Å². The van der Waals surface area contributed by atoms with Crippen molar-refractivity contribution in [2.75, 3.05) is 44.5 Å². The highest BCUT2D eigenvalue weighted by Crippen LogP contribution is 2.25. The average molecular weight is 284 g/mol. The number of benzene rings is 1. The first-order valence-corrected chi connectivity index (χ1v) is 6.47. The number of esters is 1. The van der Waals surface area contributed by atoms with E-state index in [1.807, 2.05) is 0 Å². The third-order valence-electron chi connectivity index (χ3n) is 2.87. The minimum atomic E-state index is -0.545. The van der Waals surface area contributed by atoms with Crippen LogP contribution in [0.15, 0.2) is 12.1 Å². The van der Waals surface area contributed by atoms with E-state index in [9.17, 15) is 9.18 Å². The third kappa shape index (κ3) is 4.09. The van der Waals surface area contributed by atoms with E-state index in [0.29, 0.717) is 18.8 Å². The van der Waals surface area contributed by atoms with Gasteiger partial charge >= 0.3 is 5.97 Å². The smallest absolute Gasteiger partial charge is 0.340 e. The van der Waals surface area contributed by atoms with Crippen molar-refractivity contribution in [1.82, 2.24) is 0 Å². The van der Waals surface area contributed by atoms with Gasteiger partial charge < -0.3 is 20.1 Å². The summed E-state index contributed by atoms with van der Waals surface area (Å²) in [7, 11) is 3.36. The summed E-state index contributed by atoms with van der Waals surface area (Å²) in [4.78, 5) is 13.5. The molecule has 2 N–H and O–H groups in total. The van der Waals surface area contributed by atoms with E-state index in [0.717, 1.165) is 12.5 Å². The number of nitrogens with zero attached hydrogens (tertiary/aromatic N) is 1. The molecule has 0 aliphatic rings. The molecule has 0 radical (unpaired) electrons. The Balaban J connectivity index is 2.95. The number of anilines is 2. The molecule has 0 amide bonds. The lowest BCUT2D eigenvalue weighted by Gasteiger charge is -2.21. The van der Waals surface area contributed by atoms with Crippen LogP contribution in [0, 0.1) is 5.82 Å². The van der Waals surface area contributed by atoms with Gasteiger partial charge in [-0.1, -0.05) is 0 Å². The molecule has 0 saturated heterocycles. The van der Waals surface area contributed by atoms with Gasteiger partial charge in [0.15, 0.2) is 0 Å². The number of ether oxygens (including phenoxy) is 2. The highest BCUT2D eigenvalue weighted by Gasteiger charge is 2.17. The number of carbonyl (C=O) groups is 1. The number of hydrogen-bond acceptors (Lipinski definition) is 5. The van der Waals surface area contributed by atoms with E-state index in [1.165, 1.54) is 6.07 Å². The number of nitrogen functional groups attached to an aromatic ring is 1. The molecule has 0 aromatic heterocycles. The number of nitrogens with two attached hydrogens (primary N) is 1. The maximum atomic E-state index is 13.9. The Morgan fingerprint density at radius 3 is 2.75 bits per heavy atom. The summed E-state index contributed by atoms with van der Waals surface area (Å²) < 4.78 is 23.8. The second-order valence-corrected chi connectivity index (χ2v) is 4.38. The molecule has 0 saturated carbocycles. The van der Waals surface area contributed by atoms with E-state index in [1.54, 1.807) is 26.0 Å². The molecular weight excluding hydrogens is 263 g/mol. The fourth-order valence-corrected chi connectivity index (χ4v) is 1.82. The first-order valence-electron chi connectivity index (χ1n) is 6.47. The molecule has 1 aromatic carbocycles. The zero-order valence-electron chi connectivity index (χ0n) is 12.1. The summed E-state index contributed by atoms with van der Waals surface area (Å²) in [5.41, 5.74) is 6.24. The van der Waals surface area contributed by atoms with Gasteiger partial charge in [-0.2, -0.15) is 0 Å². The van der Waals surface area contributed by atoms with Crippen LogP contribution in [0.4, 0.5) is 15.8 Å². The van der Waals surface area contributed by atoms with Gasteiger partial charge in [0.25, 0.3) is 0 Å². The first kappa shape index (κ1) is 16.2. The molecule has 0 spiro atoms. The first-order chi connectivity index (χ1) is 9.51. The van der Waals surface area contributed by atoms with Crippen LogP contribution in [-0.4, -0.2) is 39.9 Å². The van der Waals surface area contributed by atoms with E-state index >= 15 is 0 Å². The quantitative estimate of drug-likeness (QED) is 0.471. The summed E-state index contributed by atoms with van der Waals surface area (Å²) in [6, 6.07) is 2.57. The largest absolute Gasteiger partial charge is 0.462 e. The SMILES string of the molecule is CCOC(=O)c1cc(N(C)CCCOC)c(F)cc1N. The number of carbonyl (C=O) groups excluding carboxylic acids is 1. The predicted octanol–water partition coefficient (Wildman–Crippen LogP) is 2.06. The molecule has 0 aliphatic carbocycles. The van der Waals surface area contributed by atoms with Gasteiger partial charge in [-0.25, -0.2) is 9.18 Å². The van der Waals surface area contributed by atoms with Gasteiger partial charge in [-0.15, -0.1) is 0 Å². The Morgan fingerprint density at radius 2 is 2.15 bits per heavy atom. The lowest BCUT2D eigenvalue weighted by atomic mass is 10.1. The molecule has 0 fully saturated rings. The van der Waals surface area contributed by atoms with Crippen LogP contribution in [0.1, 0.15) is 23.7 Å². The highest BCUT2D eigenvalue weighted by molar-refractivity contribution is 5.96. The molecule has 1 rings (SSSR count). The zero-order chi connectivity index (χ0) is 15.1. The van der Waals surface area contributed by atoms with Crippen molar-refractivity contribution in [3.05, 3.63) is 23.5 Å². The number of halogens is 1. The van der Waals surface area contributed by atoms with Gasteiger partial charge in [0, 0.05) is 33.0 Å². The number of methoxy groups -OCH3 is 1. The number of rotatable bonds is 7. The lowest BCUT2D eigenvalue weighted by Crippen LogP contribution is -2.22. The van der Waals surface area contributed by atoms with E-state index in [4.69, 9.17) is 15.2 Å². The van der Waals surface area contributed by atoms with Gasteiger partial charge in [0.1, 0.15) is 5.82 Å². The van der Waals surface area contributed by atoms with E-state index < -0.39 is 11.8 Å². The highest BCUT2D eigenvalue weighted by atomic mass is 19.1. The van der Waals surface area contributed by atoms with Crippen LogP contribution in [-0.2, 0) is 9.47 Å². The monoisotopic (exact) mass is 284 g/mol. The maximum absolute atomic E-state index is 13.9. The standard InChI is InChI=1S/C14H21FN2O3/c1-4-20-14(18)10-8-13(11(15)9-12(10)16)17(2)6-5-7-19-3/h8-9H,4-7,16H2,1-3H3. The molecule has 0 unspecified atom stereocenters. The maximum Gasteiger partial charge on any atom is 0.340 e. The molecule has 6 heteroatoms. The average Bonchev–Trinajstić information content (AvgIpc) is 2.39. The molecule has 0 atom stereocenters. The molecular formula is C14H21FN2O3. The Bertz CT molecular complexity index is 466. The van der Waals surface area contributed by atoms with Crippen LogP contribution in [0.2, 0.25) is 0 Å². The minimum Gasteiger partial charge on any atom is -0.462 e. The fourth-order valence-electron chi connectivity index (χ4n) is 1.82. The fraction of sp³-hybridized carbons (Fsp3) is 0.500. The van der Waals surface area contributed by atoms with Crippen molar-refractivity contribution in [2.45, 2.75) is 13.3 Å². The normalized spacial score (nSPS) is 10.4. The van der Waals surface area contributed by atoms with E-state index in [2.05, 4.69) is 0 Å². The third-order valence-corrected chi connectivity index (χ3v) is 2.87. The molecule has 1 aromatic rings. The van der Waals surface area contributed by atoms with Crippen molar-refractivity contribution in [3.8, 4) is 0 Å². The van der Waals surface area contributed by atoms with Crippen LogP contribution in [0.3, 0.4) is 0 Å². The second kappa shape index (κ2) is 7.69. The summed E-state index contributed by atoms with van der Waals surface area (Å²) in [6.07, 6.45) is 0.756. The second-order valence-electron chi connectivity index (χ2n) is 4.38. The molecule has 0 bridgehead atoms. The van der Waals surface area contributed by atoms with Crippen LogP contribution < -0.4 is 10.6 Å². The number of hydrogen-bond donors (Lipinski definition) is 1. The summed E-state index contributed by atoms with van der Waals surface area (Å²) in [6.45, 7) is 3.15. The van der Waals surface area contributed by atoms with Crippen molar-refractivity contribution in [2.24, 2.45) is 0 Å². The Kier molecular flexibility index (Phi) is 6.24. The zero-order valence-corrected chi connectivity index (χ0v) is 12.1. The lowest BCUT2D eigenvalue weighted by molar-refractivity contribution is 0.0527. The van der Waals surface area contributed by atoms with Crippen molar-refractivity contribution >= 4 is 17.3 Å². The van der Waals surface area contributed by atoms with Gasteiger partial charge in [0.2, 0.25) is 0 Å². The summed E-state index contributed by atoms with van der Waals surface area (Å²) >= 11 is 0. The Morgan fingerprint density at radius 1 is 1.45 bits per heavy atom. The Labute approximate surface area is 118 Å². The van der Waals surface area contributed by atoms with Gasteiger partial charge in [-0.3, -0.25) is 0 Å².